The van der Waals surface area contributed by atoms with Gasteiger partial charge in [-0.25, -0.2) is 0 Å². The van der Waals surface area contributed by atoms with Crippen molar-refractivity contribution in [2.45, 2.75) is 99.8 Å². The molecule has 3 fully saturated rings. The van der Waals surface area contributed by atoms with Gasteiger partial charge in [0.15, 0.2) is 5.78 Å². The molecule has 3 heteroatoms. The molecule has 0 heterocycles. The van der Waals surface area contributed by atoms with Crippen LogP contribution in [0.1, 0.15) is 99.8 Å². The van der Waals surface area contributed by atoms with Crippen molar-refractivity contribution in [1.82, 2.24) is 0 Å². The van der Waals surface area contributed by atoms with Gasteiger partial charge in [-0.05, 0) is 96.9 Å². The van der Waals surface area contributed by atoms with Gasteiger partial charge in [-0.15, -0.1) is 0 Å². The first-order chi connectivity index (χ1) is 15.7. The normalized spacial score (nSPS) is 48.5. The van der Waals surface area contributed by atoms with Crippen LogP contribution in [0.3, 0.4) is 0 Å². The van der Waals surface area contributed by atoms with E-state index in [2.05, 4.69) is 60.6 Å². The Morgan fingerprint density at radius 1 is 0.941 bits per heavy atom. The van der Waals surface area contributed by atoms with Gasteiger partial charge in [0.25, 0.3) is 0 Å². The Hall–Kier alpha value is -1.38. The molecule has 0 aromatic carbocycles. The average Bonchev–Trinajstić information content (AvgIpc) is 2.76. The number of ether oxygens (including phenoxy) is 1. The molecule has 188 valence electrons. The minimum absolute atomic E-state index is 0.0226. The Balaban J connectivity index is 1.62. The zero-order chi connectivity index (χ0) is 24.9. The molecular formula is C31H46O3. The van der Waals surface area contributed by atoms with Gasteiger partial charge in [0.05, 0.1) is 12.5 Å². The van der Waals surface area contributed by atoms with E-state index in [-0.39, 0.29) is 44.4 Å². The minimum atomic E-state index is -0.348. The van der Waals surface area contributed by atoms with E-state index >= 15 is 0 Å². The van der Waals surface area contributed by atoms with Crippen molar-refractivity contribution < 1.29 is 14.3 Å². The van der Waals surface area contributed by atoms with Crippen LogP contribution in [0.15, 0.2) is 23.8 Å². The molecule has 0 saturated heterocycles. The SMILES string of the molecule is COC(=O)C12CCC(C)(C)CC1C1=CC[C@@H]3[C@@]4(C)C=CC(=O)C(C)(C)[C@@H]4CC[C@@]3(C)[C@]1(C)CC2. The molecule has 0 spiro atoms. The van der Waals surface area contributed by atoms with Gasteiger partial charge in [0, 0.05) is 5.41 Å². The molecule has 0 N–H and O–H groups in total. The maximum atomic E-state index is 13.3. The smallest absolute Gasteiger partial charge is 0.312 e. The van der Waals surface area contributed by atoms with Crippen LogP contribution in [0.5, 0.6) is 0 Å². The molecule has 5 aliphatic rings. The number of methoxy groups -OCH3 is 1. The monoisotopic (exact) mass is 466 g/mol. The lowest BCUT2D eigenvalue weighted by molar-refractivity contribution is -0.177. The fraction of sp³-hybridized carbons (Fsp3) is 0.806. The summed E-state index contributed by atoms with van der Waals surface area (Å²) < 4.78 is 5.47. The number of rotatable bonds is 1. The number of hydrogen-bond donors (Lipinski definition) is 0. The highest BCUT2D eigenvalue weighted by atomic mass is 16.5. The molecule has 2 unspecified atom stereocenters. The van der Waals surface area contributed by atoms with Crippen molar-refractivity contribution in [3.63, 3.8) is 0 Å². The van der Waals surface area contributed by atoms with Crippen LogP contribution in [0.25, 0.3) is 0 Å². The van der Waals surface area contributed by atoms with Gasteiger partial charge in [-0.2, -0.15) is 0 Å². The summed E-state index contributed by atoms with van der Waals surface area (Å²) in [7, 11) is 1.58. The molecule has 0 aliphatic heterocycles. The van der Waals surface area contributed by atoms with E-state index in [0.717, 1.165) is 51.4 Å². The van der Waals surface area contributed by atoms with E-state index in [4.69, 9.17) is 4.74 Å². The van der Waals surface area contributed by atoms with E-state index in [9.17, 15) is 9.59 Å². The first kappa shape index (κ1) is 24.3. The van der Waals surface area contributed by atoms with Crippen LogP contribution in [-0.2, 0) is 14.3 Å². The van der Waals surface area contributed by atoms with Crippen LogP contribution in [0.4, 0.5) is 0 Å². The van der Waals surface area contributed by atoms with Crippen LogP contribution in [-0.4, -0.2) is 18.9 Å². The summed E-state index contributed by atoms with van der Waals surface area (Å²) in [4.78, 5) is 26.2. The highest BCUT2D eigenvalue weighted by molar-refractivity contribution is 5.95. The molecule has 0 radical (unpaired) electrons. The summed E-state index contributed by atoms with van der Waals surface area (Å²) in [6, 6.07) is 0. The number of esters is 1. The van der Waals surface area contributed by atoms with Crippen molar-refractivity contribution in [1.29, 1.82) is 0 Å². The largest absolute Gasteiger partial charge is 0.469 e. The number of carbonyl (C=O) groups is 2. The van der Waals surface area contributed by atoms with Gasteiger partial charge >= 0.3 is 5.97 Å². The third kappa shape index (κ3) is 2.82. The van der Waals surface area contributed by atoms with Crippen molar-refractivity contribution >= 4 is 11.8 Å². The highest BCUT2D eigenvalue weighted by Crippen LogP contribution is 2.75. The second-order valence-electron chi connectivity index (χ2n) is 14.6. The third-order valence-electron chi connectivity index (χ3n) is 12.5. The summed E-state index contributed by atoms with van der Waals surface area (Å²) in [5.74, 6) is 1.50. The molecule has 5 aliphatic carbocycles. The number of hydrogen-bond acceptors (Lipinski definition) is 3. The summed E-state index contributed by atoms with van der Waals surface area (Å²) in [5.41, 5.74) is 1.44. The molecule has 3 saturated carbocycles. The Morgan fingerprint density at radius 2 is 1.62 bits per heavy atom. The Kier molecular flexibility index (Phi) is 5.08. The van der Waals surface area contributed by atoms with Gasteiger partial charge in [-0.3, -0.25) is 9.59 Å². The fourth-order valence-electron chi connectivity index (χ4n) is 10.1. The van der Waals surface area contributed by atoms with Gasteiger partial charge in [0.1, 0.15) is 0 Å². The van der Waals surface area contributed by atoms with E-state index in [0.29, 0.717) is 17.6 Å². The van der Waals surface area contributed by atoms with Crippen LogP contribution < -0.4 is 0 Å². The first-order valence-electron chi connectivity index (χ1n) is 13.7. The molecule has 5 rings (SSSR count). The van der Waals surface area contributed by atoms with E-state index in [1.165, 1.54) is 0 Å². The first-order valence-corrected chi connectivity index (χ1v) is 13.7. The topological polar surface area (TPSA) is 43.4 Å². The minimum Gasteiger partial charge on any atom is -0.469 e. The highest BCUT2D eigenvalue weighted by Gasteiger charge is 2.68. The van der Waals surface area contributed by atoms with Crippen molar-refractivity contribution in [3.8, 4) is 0 Å². The molecule has 0 amide bonds. The Morgan fingerprint density at radius 3 is 2.29 bits per heavy atom. The number of ketones is 1. The molecule has 34 heavy (non-hydrogen) atoms. The summed E-state index contributed by atoms with van der Waals surface area (Å²) in [6.07, 6.45) is 15.2. The van der Waals surface area contributed by atoms with E-state index in [1.54, 1.807) is 12.7 Å². The lowest BCUT2D eigenvalue weighted by atomic mass is 9.34. The Bertz CT molecular complexity index is 985. The molecule has 0 aromatic rings. The summed E-state index contributed by atoms with van der Waals surface area (Å²) >= 11 is 0. The molecule has 3 nitrogen and oxygen atoms in total. The Labute approximate surface area is 207 Å². The fourth-order valence-corrected chi connectivity index (χ4v) is 10.1. The third-order valence-corrected chi connectivity index (χ3v) is 12.5. The summed E-state index contributed by atoms with van der Waals surface area (Å²) in [6.45, 7) is 16.6. The zero-order valence-corrected chi connectivity index (χ0v) is 22.8. The number of fused-ring (bicyclic) bond motifs is 7. The lowest BCUT2D eigenvalue weighted by Gasteiger charge is -2.69. The second-order valence-corrected chi connectivity index (χ2v) is 14.6. The molecule has 0 bridgehead atoms. The lowest BCUT2D eigenvalue weighted by Crippen LogP contribution is -2.64. The predicted molar refractivity (Wildman–Crippen MR) is 136 cm³/mol. The van der Waals surface area contributed by atoms with Crippen LogP contribution >= 0.6 is 0 Å². The van der Waals surface area contributed by atoms with Crippen LogP contribution in [0.2, 0.25) is 0 Å². The average molecular weight is 467 g/mol. The predicted octanol–water partition coefficient (Wildman–Crippen LogP) is 7.31. The van der Waals surface area contributed by atoms with Gasteiger partial charge < -0.3 is 4.74 Å². The van der Waals surface area contributed by atoms with Gasteiger partial charge in [0.2, 0.25) is 0 Å². The quantitative estimate of drug-likeness (QED) is 0.301. The van der Waals surface area contributed by atoms with Crippen LogP contribution in [0, 0.1) is 50.2 Å². The van der Waals surface area contributed by atoms with Crippen molar-refractivity contribution in [2.75, 3.05) is 7.11 Å². The molecule has 7 atom stereocenters. The molecule has 0 aromatic heterocycles. The van der Waals surface area contributed by atoms with Crippen molar-refractivity contribution in [3.05, 3.63) is 23.8 Å². The zero-order valence-electron chi connectivity index (χ0n) is 22.8. The number of carbonyl (C=O) groups excluding carboxylic acids is 2. The standard InChI is InChI=1S/C31H46O3/c1-26(2)15-17-31(25(33)34-8)18-16-29(6)20(21(31)19-26)9-10-23-28(5)13-12-24(32)27(3,4)22(28)11-14-30(23,29)7/h9,12-13,21-23H,10-11,14-19H2,1-8H3/t21?,22-,23+,28-,29+,30+,31?/m0/s1. The molecular weight excluding hydrogens is 420 g/mol. The van der Waals surface area contributed by atoms with Gasteiger partial charge in [-0.1, -0.05) is 66.2 Å². The summed E-state index contributed by atoms with van der Waals surface area (Å²) in [5, 5.41) is 0. The second kappa shape index (κ2) is 7.10. The van der Waals surface area contributed by atoms with E-state index in [1.807, 2.05) is 6.08 Å². The maximum Gasteiger partial charge on any atom is 0.312 e. The maximum absolute atomic E-state index is 13.3. The van der Waals surface area contributed by atoms with E-state index < -0.39 is 0 Å². The van der Waals surface area contributed by atoms with Crippen molar-refractivity contribution in [2.24, 2.45) is 50.2 Å². The number of allylic oxidation sites excluding steroid dienone is 4.